The van der Waals surface area contributed by atoms with Gasteiger partial charge >= 0.3 is 0 Å². The van der Waals surface area contributed by atoms with Crippen molar-refractivity contribution in [3.05, 3.63) is 35.4 Å². The summed E-state index contributed by atoms with van der Waals surface area (Å²) in [6, 6.07) is 7.89. The highest BCUT2D eigenvalue weighted by Gasteiger charge is 2.14. The molecule has 0 saturated carbocycles. The number of carbonyl (C=O) groups excluding carboxylic acids is 1. The molecule has 1 aromatic carbocycles. The molecule has 0 unspecified atom stereocenters. The van der Waals surface area contributed by atoms with Gasteiger partial charge in [0.15, 0.2) is 0 Å². The Morgan fingerprint density at radius 3 is 2.28 bits per heavy atom. The van der Waals surface area contributed by atoms with E-state index in [9.17, 15) is 4.79 Å². The quantitative estimate of drug-likeness (QED) is 0.841. The van der Waals surface area contributed by atoms with Crippen molar-refractivity contribution in [1.29, 1.82) is 0 Å². The molecule has 1 aromatic rings. The van der Waals surface area contributed by atoms with E-state index in [0.29, 0.717) is 19.0 Å². The highest BCUT2D eigenvalue weighted by atomic mass is 16.2. The fraction of sp³-hybridized carbons (Fsp3) is 0.533. The molecular formula is C15H24N2O. The zero-order valence-electron chi connectivity index (χ0n) is 11.6. The molecule has 3 nitrogen and oxygen atoms in total. The molecule has 0 aliphatic heterocycles. The lowest BCUT2D eigenvalue weighted by atomic mass is 10.0. The lowest BCUT2D eigenvalue weighted by Crippen LogP contribution is -2.35. The Bertz CT molecular complexity index is 365. The summed E-state index contributed by atoms with van der Waals surface area (Å²) in [4.78, 5) is 14.1. The molecule has 1 amide bonds. The molecule has 0 heterocycles. The first-order valence-corrected chi connectivity index (χ1v) is 6.69. The minimum Gasteiger partial charge on any atom is -0.337 e. The van der Waals surface area contributed by atoms with Gasteiger partial charge in [-0.05, 0) is 30.0 Å². The van der Waals surface area contributed by atoms with Crippen molar-refractivity contribution < 1.29 is 4.79 Å². The molecule has 0 spiro atoms. The van der Waals surface area contributed by atoms with Gasteiger partial charge in [0, 0.05) is 25.2 Å². The SMILES string of the molecule is CCCN(CCN)C(=O)c1ccc(C(C)C)cc1. The van der Waals surface area contributed by atoms with Crippen LogP contribution < -0.4 is 5.73 Å². The van der Waals surface area contributed by atoms with Crippen LogP contribution in [0.1, 0.15) is 49.0 Å². The first-order chi connectivity index (χ1) is 8.60. The Morgan fingerprint density at radius 1 is 1.22 bits per heavy atom. The van der Waals surface area contributed by atoms with Crippen LogP contribution in [0.5, 0.6) is 0 Å². The average molecular weight is 248 g/mol. The lowest BCUT2D eigenvalue weighted by Gasteiger charge is -2.21. The topological polar surface area (TPSA) is 46.3 Å². The van der Waals surface area contributed by atoms with Crippen molar-refractivity contribution in [1.82, 2.24) is 4.90 Å². The molecule has 0 aliphatic carbocycles. The van der Waals surface area contributed by atoms with Crippen LogP contribution in [0.15, 0.2) is 24.3 Å². The van der Waals surface area contributed by atoms with Crippen LogP contribution in [-0.4, -0.2) is 30.4 Å². The molecule has 0 saturated heterocycles. The molecule has 2 N–H and O–H groups in total. The second kappa shape index (κ2) is 7.17. The first-order valence-electron chi connectivity index (χ1n) is 6.69. The molecule has 0 atom stereocenters. The van der Waals surface area contributed by atoms with Crippen LogP contribution in [0.25, 0.3) is 0 Å². The summed E-state index contributed by atoms with van der Waals surface area (Å²) < 4.78 is 0. The van der Waals surface area contributed by atoms with Crippen LogP contribution in [-0.2, 0) is 0 Å². The van der Waals surface area contributed by atoms with Gasteiger partial charge in [-0.15, -0.1) is 0 Å². The third-order valence-corrected chi connectivity index (χ3v) is 3.00. The monoisotopic (exact) mass is 248 g/mol. The minimum atomic E-state index is 0.0811. The molecule has 0 bridgehead atoms. The Balaban J connectivity index is 2.81. The van der Waals surface area contributed by atoms with Gasteiger partial charge in [-0.25, -0.2) is 0 Å². The standard InChI is InChI=1S/C15H24N2O/c1-4-10-17(11-9-16)15(18)14-7-5-13(6-8-14)12(2)3/h5-8,12H,4,9-11,16H2,1-3H3. The van der Waals surface area contributed by atoms with Crippen LogP contribution in [0.4, 0.5) is 0 Å². The summed E-state index contributed by atoms with van der Waals surface area (Å²) in [5.74, 6) is 0.572. The number of amides is 1. The molecule has 100 valence electrons. The van der Waals surface area contributed by atoms with E-state index in [1.54, 1.807) is 0 Å². The zero-order valence-corrected chi connectivity index (χ0v) is 11.6. The summed E-state index contributed by atoms with van der Waals surface area (Å²) >= 11 is 0. The molecule has 0 radical (unpaired) electrons. The van der Waals surface area contributed by atoms with Crippen molar-refractivity contribution in [3.63, 3.8) is 0 Å². The Hall–Kier alpha value is -1.35. The Kier molecular flexibility index (Phi) is 5.86. The smallest absolute Gasteiger partial charge is 0.253 e. The second-order valence-electron chi connectivity index (χ2n) is 4.86. The van der Waals surface area contributed by atoms with Gasteiger partial charge in [0.1, 0.15) is 0 Å². The molecule has 0 fully saturated rings. The molecule has 1 rings (SSSR count). The number of hydrogen-bond donors (Lipinski definition) is 1. The van der Waals surface area contributed by atoms with Gasteiger partial charge in [-0.1, -0.05) is 32.9 Å². The van der Waals surface area contributed by atoms with Crippen molar-refractivity contribution in [3.8, 4) is 0 Å². The van der Waals surface area contributed by atoms with Crippen LogP contribution in [0, 0.1) is 0 Å². The molecular weight excluding hydrogens is 224 g/mol. The van der Waals surface area contributed by atoms with E-state index in [1.807, 2.05) is 29.2 Å². The summed E-state index contributed by atoms with van der Waals surface area (Å²) in [6.07, 6.45) is 0.954. The highest BCUT2D eigenvalue weighted by molar-refractivity contribution is 5.94. The minimum absolute atomic E-state index is 0.0811. The summed E-state index contributed by atoms with van der Waals surface area (Å²) in [7, 11) is 0. The van der Waals surface area contributed by atoms with Gasteiger partial charge in [-0.2, -0.15) is 0 Å². The predicted molar refractivity (Wildman–Crippen MR) is 75.8 cm³/mol. The predicted octanol–water partition coefficient (Wildman–Crippen LogP) is 2.62. The van der Waals surface area contributed by atoms with E-state index >= 15 is 0 Å². The van der Waals surface area contributed by atoms with Crippen molar-refractivity contribution in [2.24, 2.45) is 5.73 Å². The maximum atomic E-state index is 12.3. The maximum Gasteiger partial charge on any atom is 0.253 e. The molecule has 0 aromatic heterocycles. The van der Waals surface area contributed by atoms with Gasteiger partial charge in [0.05, 0.1) is 0 Å². The fourth-order valence-corrected chi connectivity index (χ4v) is 1.93. The number of nitrogens with two attached hydrogens (primary N) is 1. The normalized spacial score (nSPS) is 10.7. The Morgan fingerprint density at radius 2 is 1.83 bits per heavy atom. The number of rotatable bonds is 6. The highest BCUT2D eigenvalue weighted by Crippen LogP contribution is 2.15. The van der Waals surface area contributed by atoms with Crippen molar-refractivity contribution >= 4 is 5.91 Å². The molecule has 3 heteroatoms. The molecule has 18 heavy (non-hydrogen) atoms. The maximum absolute atomic E-state index is 12.3. The summed E-state index contributed by atoms with van der Waals surface area (Å²) in [5, 5.41) is 0. The van der Waals surface area contributed by atoms with Crippen LogP contribution in [0.2, 0.25) is 0 Å². The van der Waals surface area contributed by atoms with E-state index in [-0.39, 0.29) is 5.91 Å². The number of hydrogen-bond acceptors (Lipinski definition) is 2. The van der Waals surface area contributed by atoms with E-state index in [2.05, 4.69) is 20.8 Å². The molecule has 0 aliphatic rings. The van der Waals surface area contributed by atoms with Crippen molar-refractivity contribution in [2.75, 3.05) is 19.6 Å². The summed E-state index contributed by atoms with van der Waals surface area (Å²) in [6.45, 7) is 8.26. The number of nitrogens with zero attached hydrogens (tertiary/aromatic N) is 1. The van der Waals surface area contributed by atoms with Gasteiger partial charge < -0.3 is 10.6 Å². The number of benzene rings is 1. The zero-order chi connectivity index (χ0) is 13.5. The van der Waals surface area contributed by atoms with E-state index in [0.717, 1.165) is 18.5 Å². The summed E-state index contributed by atoms with van der Waals surface area (Å²) in [5.41, 5.74) is 7.55. The lowest BCUT2D eigenvalue weighted by molar-refractivity contribution is 0.0760. The third-order valence-electron chi connectivity index (χ3n) is 3.00. The van der Waals surface area contributed by atoms with Crippen molar-refractivity contribution in [2.45, 2.75) is 33.1 Å². The third kappa shape index (κ3) is 3.84. The second-order valence-corrected chi connectivity index (χ2v) is 4.86. The van der Waals surface area contributed by atoms with Gasteiger partial charge in [0.25, 0.3) is 5.91 Å². The number of carbonyl (C=O) groups is 1. The van der Waals surface area contributed by atoms with E-state index in [4.69, 9.17) is 5.73 Å². The van der Waals surface area contributed by atoms with E-state index in [1.165, 1.54) is 5.56 Å². The fourth-order valence-electron chi connectivity index (χ4n) is 1.93. The van der Waals surface area contributed by atoms with Gasteiger partial charge in [-0.3, -0.25) is 4.79 Å². The van der Waals surface area contributed by atoms with Gasteiger partial charge in [0.2, 0.25) is 0 Å². The van der Waals surface area contributed by atoms with E-state index < -0.39 is 0 Å². The largest absolute Gasteiger partial charge is 0.337 e. The Labute approximate surface area is 110 Å². The van der Waals surface area contributed by atoms with Crippen LogP contribution >= 0.6 is 0 Å². The average Bonchev–Trinajstić information content (AvgIpc) is 2.38. The van der Waals surface area contributed by atoms with Crippen LogP contribution in [0.3, 0.4) is 0 Å². The first kappa shape index (κ1) is 14.7.